The Balaban J connectivity index is 1.94. The number of aromatic nitrogens is 2. The highest BCUT2D eigenvalue weighted by atomic mass is 32.1. The van der Waals surface area contributed by atoms with Gasteiger partial charge in [0.1, 0.15) is 5.82 Å². The molecule has 1 aliphatic carbocycles. The molecule has 0 atom stereocenters. The number of benzene rings is 1. The molecule has 9 heteroatoms. The molecule has 3 rings (SSSR count). The van der Waals surface area contributed by atoms with Gasteiger partial charge >= 0.3 is 5.97 Å². The van der Waals surface area contributed by atoms with E-state index in [1.165, 1.54) is 12.1 Å². The van der Waals surface area contributed by atoms with E-state index in [0.717, 1.165) is 30.4 Å². The molecule has 1 saturated carbocycles. The van der Waals surface area contributed by atoms with Crippen molar-refractivity contribution in [3.8, 4) is 10.9 Å². The van der Waals surface area contributed by atoms with E-state index < -0.39 is 22.1 Å². The summed E-state index contributed by atoms with van der Waals surface area (Å²) in [6.45, 7) is 0. The van der Waals surface area contributed by atoms with Crippen LogP contribution in [0.2, 0.25) is 0 Å². The fraction of sp³-hybridized carbons (Fsp3) is 0.250. The van der Waals surface area contributed by atoms with E-state index in [2.05, 4.69) is 9.36 Å². The van der Waals surface area contributed by atoms with Crippen LogP contribution in [0.4, 0.5) is 5.69 Å². The van der Waals surface area contributed by atoms with Gasteiger partial charge in [0.25, 0.3) is 10.9 Å². The molecule has 1 aromatic heterocycles. The summed E-state index contributed by atoms with van der Waals surface area (Å²) in [5.41, 5.74) is -1.02. The van der Waals surface area contributed by atoms with Crippen LogP contribution in [0.1, 0.15) is 34.9 Å². The van der Waals surface area contributed by atoms with E-state index >= 15 is 0 Å². The monoisotopic (exact) mass is 307 g/mol. The van der Waals surface area contributed by atoms with E-state index in [-0.39, 0.29) is 10.9 Å². The zero-order chi connectivity index (χ0) is 15.0. The molecule has 0 spiro atoms. The first-order valence-electron chi connectivity index (χ1n) is 6.08. The predicted octanol–water partition coefficient (Wildman–Crippen LogP) is 2.81. The summed E-state index contributed by atoms with van der Waals surface area (Å²) in [7, 11) is 0. The number of hydrogen-bond donors (Lipinski definition) is 1. The summed E-state index contributed by atoms with van der Waals surface area (Å²) in [5, 5.41) is 20.2. The minimum absolute atomic E-state index is 0.116. The lowest BCUT2D eigenvalue weighted by atomic mass is 10.1. The van der Waals surface area contributed by atoms with Crippen LogP contribution in [0.3, 0.4) is 0 Å². The highest BCUT2D eigenvalue weighted by molar-refractivity contribution is 7.07. The summed E-state index contributed by atoms with van der Waals surface area (Å²) in [5.74, 6) is -0.514. The Morgan fingerprint density at radius 2 is 2.24 bits per heavy atom. The van der Waals surface area contributed by atoms with E-state index in [1.807, 2.05) is 0 Å². The lowest BCUT2D eigenvalue weighted by Gasteiger charge is -2.05. The van der Waals surface area contributed by atoms with Crippen molar-refractivity contribution in [1.82, 2.24) is 9.36 Å². The Morgan fingerprint density at radius 1 is 1.48 bits per heavy atom. The largest absolute Gasteiger partial charge is 0.477 e. The smallest absolute Gasteiger partial charge is 0.346 e. The van der Waals surface area contributed by atoms with Crippen LogP contribution in [-0.2, 0) is 0 Å². The maximum atomic E-state index is 11.2. The van der Waals surface area contributed by atoms with Gasteiger partial charge in [-0.2, -0.15) is 9.36 Å². The molecule has 0 radical (unpaired) electrons. The number of hydrogen-bond acceptors (Lipinski definition) is 7. The van der Waals surface area contributed by atoms with Crippen molar-refractivity contribution in [2.24, 2.45) is 0 Å². The summed E-state index contributed by atoms with van der Waals surface area (Å²) >= 11 is 1.00. The van der Waals surface area contributed by atoms with Gasteiger partial charge in [0.2, 0.25) is 0 Å². The molecule has 0 unspecified atom stereocenters. The Bertz CT molecular complexity index is 725. The van der Waals surface area contributed by atoms with Gasteiger partial charge in [-0.05, 0) is 18.9 Å². The Kier molecular flexibility index (Phi) is 3.26. The maximum absolute atomic E-state index is 11.2. The molecule has 108 valence electrons. The van der Waals surface area contributed by atoms with Gasteiger partial charge in [0.15, 0.2) is 11.3 Å². The molecule has 1 heterocycles. The van der Waals surface area contributed by atoms with Gasteiger partial charge in [-0.25, -0.2) is 4.79 Å². The lowest BCUT2D eigenvalue weighted by Crippen LogP contribution is -2.05. The third-order valence-electron chi connectivity index (χ3n) is 2.98. The van der Waals surface area contributed by atoms with Crippen LogP contribution in [0.15, 0.2) is 18.2 Å². The van der Waals surface area contributed by atoms with Crippen molar-refractivity contribution >= 4 is 23.2 Å². The number of nitro groups is 1. The van der Waals surface area contributed by atoms with Crippen LogP contribution in [0.5, 0.6) is 10.9 Å². The van der Waals surface area contributed by atoms with Crippen molar-refractivity contribution < 1.29 is 19.6 Å². The van der Waals surface area contributed by atoms with Gasteiger partial charge in [-0.3, -0.25) is 10.1 Å². The second kappa shape index (κ2) is 5.09. The topological polar surface area (TPSA) is 115 Å². The third-order valence-corrected chi connectivity index (χ3v) is 3.59. The van der Waals surface area contributed by atoms with Crippen LogP contribution >= 0.6 is 11.5 Å². The molecule has 1 fully saturated rings. The minimum atomic E-state index is -1.43. The van der Waals surface area contributed by atoms with Crippen LogP contribution < -0.4 is 4.74 Å². The summed E-state index contributed by atoms with van der Waals surface area (Å²) in [4.78, 5) is 25.5. The molecular weight excluding hydrogens is 298 g/mol. The van der Waals surface area contributed by atoms with E-state index in [9.17, 15) is 14.9 Å². The second-order valence-electron chi connectivity index (χ2n) is 4.51. The third kappa shape index (κ3) is 2.68. The van der Waals surface area contributed by atoms with Crippen molar-refractivity contribution in [1.29, 1.82) is 0 Å². The second-order valence-corrected chi connectivity index (χ2v) is 5.22. The standard InChI is InChI=1S/C12H9N3O5S/c16-11(17)9-7(15(18)19)2-1-3-8(9)20-12-13-10(14-21-12)6-4-5-6/h1-3,6H,4-5H2,(H,16,17). The number of ether oxygens (including phenoxy) is 1. The summed E-state index contributed by atoms with van der Waals surface area (Å²) < 4.78 is 9.51. The van der Waals surface area contributed by atoms with E-state index in [1.54, 1.807) is 0 Å². The molecular formula is C12H9N3O5S. The van der Waals surface area contributed by atoms with Crippen molar-refractivity contribution in [3.05, 3.63) is 39.7 Å². The van der Waals surface area contributed by atoms with E-state index in [0.29, 0.717) is 11.7 Å². The fourth-order valence-electron chi connectivity index (χ4n) is 1.83. The first-order chi connectivity index (χ1) is 10.1. The molecule has 0 saturated heterocycles. The lowest BCUT2D eigenvalue weighted by molar-refractivity contribution is -0.385. The number of carboxylic acid groups (broad SMARTS) is 1. The minimum Gasteiger partial charge on any atom is -0.477 e. The number of nitro benzene ring substituents is 1. The normalized spacial score (nSPS) is 13.9. The molecule has 21 heavy (non-hydrogen) atoms. The highest BCUT2D eigenvalue weighted by Gasteiger charge is 2.29. The predicted molar refractivity (Wildman–Crippen MR) is 72.0 cm³/mol. The van der Waals surface area contributed by atoms with Crippen molar-refractivity contribution in [3.63, 3.8) is 0 Å². The average molecular weight is 307 g/mol. The van der Waals surface area contributed by atoms with Gasteiger partial charge in [-0.1, -0.05) is 6.07 Å². The van der Waals surface area contributed by atoms with Crippen LogP contribution in [0, 0.1) is 10.1 Å². The molecule has 1 aliphatic rings. The quantitative estimate of drug-likeness (QED) is 0.666. The fourth-order valence-corrected chi connectivity index (χ4v) is 2.46. The number of carbonyl (C=O) groups is 1. The Hall–Kier alpha value is -2.55. The first kappa shape index (κ1) is 13.4. The van der Waals surface area contributed by atoms with Gasteiger partial charge in [0, 0.05) is 23.5 Å². The summed E-state index contributed by atoms with van der Waals surface area (Å²) in [6.07, 6.45) is 2.07. The first-order valence-corrected chi connectivity index (χ1v) is 6.85. The number of aromatic carboxylic acids is 1. The van der Waals surface area contributed by atoms with Crippen LogP contribution in [-0.4, -0.2) is 25.4 Å². The molecule has 1 aromatic carbocycles. The van der Waals surface area contributed by atoms with Crippen molar-refractivity contribution in [2.75, 3.05) is 0 Å². The summed E-state index contributed by atoms with van der Waals surface area (Å²) in [6, 6.07) is 3.84. The molecule has 1 N–H and O–H groups in total. The van der Waals surface area contributed by atoms with E-state index in [4.69, 9.17) is 9.84 Å². The average Bonchev–Trinajstić information content (AvgIpc) is 3.19. The molecule has 2 aromatic rings. The zero-order valence-corrected chi connectivity index (χ0v) is 11.4. The zero-order valence-electron chi connectivity index (χ0n) is 10.6. The SMILES string of the molecule is O=C(O)c1c(Oc2nc(C3CC3)ns2)cccc1[N+](=O)[O-]. The Labute approximate surface area is 122 Å². The number of carboxylic acids is 1. The molecule has 0 amide bonds. The molecule has 0 aliphatic heterocycles. The van der Waals surface area contributed by atoms with Gasteiger partial charge < -0.3 is 9.84 Å². The Morgan fingerprint density at radius 3 is 2.86 bits per heavy atom. The van der Waals surface area contributed by atoms with Gasteiger partial charge in [-0.15, -0.1) is 0 Å². The van der Waals surface area contributed by atoms with Crippen LogP contribution in [0.25, 0.3) is 0 Å². The van der Waals surface area contributed by atoms with Crippen molar-refractivity contribution in [2.45, 2.75) is 18.8 Å². The molecule has 0 bridgehead atoms. The van der Waals surface area contributed by atoms with Gasteiger partial charge in [0.05, 0.1) is 4.92 Å². The number of nitrogens with zero attached hydrogens (tertiary/aromatic N) is 3. The molecule has 8 nitrogen and oxygen atoms in total. The number of rotatable bonds is 5. The highest BCUT2D eigenvalue weighted by Crippen LogP contribution is 2.40. The maximum Gasteiger partial charge on any atom is 0.346 e.